The van der Waals surface area contributed by atoms with Crippen molar-refractivity contribution in [1.82, 2.24) is 14.5 Å². The van der Waals surface area contributed by atoms with E-state index in [0.717, 1.165) is 22.5 Å². The molecular formula is C16H13ClN4. The molecule has 1 aromatic carbocycles. The van der Waals surface area contributed by atoms with Gasteiger partial charge in [0.1, 0.15) is 17.4 Å². The Morgan fingerprint density at radius 2 is 1.95 bits per heavy atom. The van der Waals surface area contributed by atoms with Crippen molar-refractivity contribution in [2.24, 2.45) is 0 Å². The van der Waals surface area contributed by atoms with Crippen molar-refractivity contribution >= 4 is 22.8 Å². The van der Waals surface area contributed by atoms with Gasteiger partial charge in [-0.15, -0.1) is 11.6 Å². The summed E-state index contributed by atoms with van der Waals surface area (Å²) in [5.74, 6) is 0.687. The van der Waals surface area contributed by atoms with Crippen LogP contribution in [0.3, 0.4) is 0 Å². The lowest BCUT2D eigenvalue weighted by atomic mass is 10.2. The zero-order chi connectivity index (χ0) is 15.0. The molecule has 0 N–H and O–H groups in total. The van der Waals surface area contributed by atoms with Gasteiger partial charge >= 0.3 is 0 Å². The summed E-state index contributed by atoms with van der Waals surface area (Å²) in [4.78, 5) is 9.13. The minimum atomic E-state index is -0.286. The third-order valence-electron chi connectivity index (χ3n) is 3.29. The number of aryl methyl sites for hydroxylation is 1. The Labute approximate surface area is 127 Å². The fourth-order valence-corrected chi connectivity index (χ4v) is 2.48. The third-order valence-corrected chi connectivity index (χ3v) is 3.49. The summed E-state index contributed by atoms with van der Waals surface area (Å²) in [6.45, 7) is 3.79. The van der Waals surface area contributed by atoms with Gasteiger partial charge in [0.25, 0.3) is 0 Å². The summed E-state index contributed by atoms with van der Waals surface area (Å²) in [6, 6.07) is 13.4. The number of hydrogen-bond donors (Lipinski definition) is 0. The van der Waals surface area contributed by atoms with Crippen LogP contribution in [0.15, 0.2) is 36.4 Å². The van der Waals surface area contributed by atoms with Crippen molar-refractivity contribution in [3.05, 3.63) is 53.5 Å². The Bertz CT molecular complexity index is 858. The van der Waals surface area contributed by atoms with Crippen LogP contribution in [0.2, 0.25) is 0 Å². The van der Waals surface area contributed by atoms with Crippen molar-refractivity contribution in [3.8, 4) is 11.8 Å². The van der Waals surface area contributed by atoms with Gasteiger partial charge < -0.3 is 0 Å². The first-order valence-electron chi connectivity index (χ1n) is 6.61. The number of pyridine rings is 1. The first-order valence-corrected chi connectivity index (χ1v) is 7.05. The lowest BCUT2D eigenvalue weighted by Gasteiger charge is -2.11. The van der Waals surface area contributed by atoms with E-state index >= 15 is 0 Å². The highest BCUT2D eigenvalue weighted by Gasteiger charge is 2.19. The van der Waals surface area contributed by atoms with Crippen LogP contribution in [0.1, 0.15) is 29.4 Å². The molecule has 1 unspecified atom stereocenters. The van der Waals surface area contributed by atoms with Crippen molar-refractivity contribution < 1.29 is 0 Å². The Morgan fingerprint density at radius 3 is 2.67 bits per heavy atom. The molecule has 2 aromatic heterocycles. The largest absolute Gasteiger partial charge is 0.278 e. The molecule has 21 heavy (non-hydrogen) atoms. The van der Waals surface area contributed by atoms with Gasteiger partial charge in [-0.25, -0.2) is 9.97 Å². The molecular weight excluding hydrogens is 284 g/mol. The van der Waals surface area contributed by atoms with Gasteiger partial charge in [0.2, 0.25) is 0 Å². The fourth-order valence-electron chi connectivity index (χ4n) is 2.34. The standard InChI is InChI=1S/C16H13ClN4/c1-10-7-8-13-16(19-10)21(15(20-13)11(2)17)14-6-4-3-5-12(14)9-18/h3-8,11H,1-2H3. The number of alkyl halides is 1. The zero-order valence-electron chi connectivity index (χ0n) is 11.7. The number of rotatable bonds is 2. The van der Waals surface area contributed by atoms with Crippen molar-refractivity contribution in [1.29, 1.82) is 5.26 Å². The quantitative estimate of drug-likeness (QED) is 0.674. The lowest BCUT2D eigenvalue weighted by Crippen LogP contribution is -2.05. The number of nitrogens with zero attached hydrogens (tertiary/aromatic N) is 4. The van der Waals surface area contributed by atoms with Crippen LogP contribution < -0.4 is 0 Å². The van der Waals surface area contributed by atoms with Gasteiger partial charge in [-0.1, -0.05) is 12.1 Å². The molecule has 0 bridgehead atoms. The van der Waals surface area contributed by atoms with Crippen molar-refractivity contribution in [2.45, 2.75) is 19.2 Å². The topological polar surface area (TPSA) is 54.5 Å². The molecule has 0 aliphatic heterocycles. The van der Waals surface area contributed by atoms with Crippen LogP contribution in [0.25, 0.3) is 16.9 Å². The third kappa shape index (κ3) is 2.26. The van der Waals surface area contributed by atoms with Crippen LogP contribution in [-0.2, 0) is 0 Å². The van der Waals surface area contributed by atoms with E-state index in [1.54, 1.807) is 6.07 Å². The molecule has 0 aliphatic rings. The van der Waals surface area contributed by atoms with Gasteiger partial charge in [-0.3, -0.25) is 4.57 Å². The molecule has 0 radical (unpaired) electrons. The predicted molar refractivity (Wildman–Crippen MR) is 82.6 cm³/mol. The van der Waals surface area contributed by atoms with E-state index in [4.69, 9.17) is 11.6 Å². The summed E-state index contributed by atoms with van der Waals surface area (Å²) < 4.78 is 1.87. The molecule has 0 spiro atoms. The molecule has 0 amide bonds. The van der Waals surface area contributed by atoms with Crippen LogP contribution in [-0.4, -0.2) is 14.5 Å². The number of benzene rings is 1. The maximum atomic E-state index is 9.34. The summed E-state index contributed by atoms with van der Waals surface area (Å²) >= 11 is 6.27. The Balaban J connectivity index is 2.42. The van der Waals surface area contributed by atoms with E-state index in [2.05, 4.69) is 16.0 Å². The van der Waals surface area contributed by atoms with Crippen molar-refractivity contribution in [3.63, 3.8) is 0 Å². The summed E-state index contributed by atoms with van der Waals surface area (Å²) in [6.07, 6.45) is 0. The summed E-state index contributed by atoms with van der Waals surface area (Å²) in [5.41, 5.74) is 3.71. The van der Waals surface area contributed by atoms with Gasteiger partial charge in [-0.2, -0.15) is 5.26 Å². The van der Waals surface area contributed by atoms with Gasteiger partial charge in [-0.05, 0) is 38.1 Å². The van der Waals surface area contributed by atoms with E-state index in [0.29, 0.717) is 11.4 Å². The Morgan fingerprint density at radius 1 is 1.19 bits per heavy atom. The molecule has 4 nitrogen and oxygen atoms in total. The average molecular weight is 297 g/mol. The molecule has 0 saturated carbocycles. The molecule has 1 atom stereocenters. The first kappa shape index (κ1) is 13.6. The average Bonchev–Trinajstić information content (AvgIpc) is 2.85. The van der Waals surface area contributed by atoms with E-state index in [1.165, 1.54) is 0 Å². The van der Waals surface area contributed by atoms with Gasteiger partial charge in [0.05, 0.1) is 16.6 Å². The van der Waals surface area contributed by atoms with Gasteiger partial charge in [0.15, 0.2) is 5.65 Å². The number of imidazole rings is 1. The monoisotopic (exact) mass is 296 g/mol. The summed E-state index contributed by atoms with van der Waals surface area (Å²) in [5, 5.41) is 9.05. The van der Waals surface area contributed by atoms with Crippen LogP contribution in [0, 0.1) is 18.3 Å². The molecule has 0 fully saturated rings. The number of halogens is 1. The number of fused-ring (bicyclic) bond motifs is 1. The zero-order valence-corrected chi connectivity index (χ0v) is 12.5. The Hall–Kier alpha value is -2.38. The minimum absolute atomic E-state index is 0.286. The number of nitriles is 1. The lowest BCUT2D eigenvalue weighted by molar-refractivity contribution is 0.874. The second-order valence-electron chi connectivity index (χ2n) is 4.85. The van der Waals surface area contributed by atoms with E-state index in [1.807, 2.05) is 48.7 Å². The molecule has 3 rings (SSSR count). The van der Waals surface area contributed by atoms with E-state index in [-0.39, 0.29) is 5.38 Å². The molecule has 0 saturated heterocycles. The predicted octanol–water partition coefficient (Wildman–Crippen LogP) is 3.90. The smallest absolute Gasteiger partial charge is 0.165 e. The highest BCUT2D eigenvalue weighted by Crippen LogP contribution is 2.28. The molecule has 104 valence electrons. The fraction of sp³-hybridized carbons (Fsp3) is 0.188. The molecule has 5 heteroatoms. The normalized spacial score (nSPS) is 12.3. The van der Waals surface area contributed by atoms with Crippen LogP contribution in [0.4, 0.5) is 0 Å². The van der Waals surface area contributed by atoms with Crippen LogP contribution >= 0.6 is 11.6 Å². The maximum Gasteiger partial charge on any atom is 0.165 e. The number of aromatic nitrogens is 3. The highest BCUT2D eigenvalue weighted by atomic mass is 35.5. The second kappa shape index (κ2) is 5.19. The minimum Gasteiger partial charge on any atom is -0.278 e. The number of hydrogen-bond acceptors (Lipinski definition) is 3. The highest BCUT2D eigenvalue weighted by molar-refractivity contribution is 6.20. The SMILES string of the molecule is Cc1ccc2nc(C(C)Cl)n(-c3ccccc3C#N)c2n1. The second-order valence-corrected chi connectivity index (χ2v) is 5.50. The first-order chi connectivity index (χ1) is 10.1. The molecule has 0 aliphatic carbocycles. The molecule has 2 heterocycles. The Kier molecular flexibility index (Phi) is 3.36. The van der Waals surface area contributed by atoms with Crippen LogP contribution in [0.5, 0.6) is 0 Å². The molecule has 3 aromatic rings. The maximum absolute atomic E-state index is 9.34. The summed E-state index contributed by atoms with van der Waals surface area (Å²) in [7, 11) is 0. The van der Waals surface area contributed by atoms with Crippen molar-refractivity contribution in [2.75, 3.05) is 0 Å². The van der Waals surface area contributed by atoms with Gasteiger partial charge in [0, 0.05) is 5.69 Å². The number of para-hydroxylation sites is 1. The van der Waals surface area contributed by atoms with E-state index in [9.17, 15) is 5.26 Å². The van der Waals surface area contributed by atoms with E-state index < -0.39 is 0 Å².